The van der Waals surface area contributed by atoms with Crippen molar-refractivity contribution in [3.63, 3.8) is 0 Å². The Kier molecular flexibility index (Phi) is 2.17. The summed E-state index contributed by atoms with van der Waals surface area (Å²) in [6.07, 6.45) is 4.80. The molecule has 0 saturated carbocycles. The first-order valence-electron chi connectivity index (χ1n) is 4.78. The zero-order chi connectivity index (χ0) is 10.3. The van der Waals surface area contributed by atoms with Gasteiger partial charge in [0.1, 0.15) is 10.1 Å². The highest BCUT2D eigenvalue weighted by Gasteiger charge is 2.20. The fourth-order valence-corrected chi connectivity index (χ4v) is 1.89. The van der Waals surface area contributed by atoms with Gasteiger partial charge in [-0.25, -0.2) is 14.6 Å². The maximum absolute atomic E-state index is 5.36. The Bertz CT molecular complexity index is 494. The smallest absolute Gasteiger partial charge is 0.176 e. The molecule has 1 saturated heterocycles. The minimum absolute atomic E-state index is 0.290. The summed E-state index contributed by atoms with van der Waals surface area (Å²) in [5.74, 6) is 0. The summed E-state index contributed by atoms with van der Waals surface area (Å²) in [6, 6.07) is 0. The lowest BCUT2D eigenvalue weighted by atomic mass is 10.2. The van der Waals surface area contributed by atoms with E-state index in [4.69, 9.17) is 4.74 Å². The Morgan fingerprint density at radius 3 is 3.13 bits per heavy atom. The molecule has 78 valence electrons. The summed E-state index contributed by atoms with van der Waals surface area (Å²) in [5, 5.41) is 4.25. The number of halogens is 1. The minimum Gasteiger partial charge on any atom is -0.376 e. The first kappa shape index (κ1) is 9.23. The Morgan fingerprint density at radius 1 is 1.53 bits per heavy atom. The topological polar surface area (TPSA) is 52.8 Å². The summed E-state index contributed by atoms with van der Waals surface area (Å²) in [4.78, 5) is 8.57. The van der Waals surface area contributed by atoms with Crippen LogP contribution in [0.5, 0.6) is 0 Å². The normalized spacial score (nSPS) is 20.5. The molecule has 0 unspecified atom stereocenters. The summed E-state index contributed by atoms with van der Waals surface area (Å²) in [6.45, 7) is 1.63. The fourth-order valence-electron chi connectivity index (χ4n) is 1.59. The van der Waals surface area contributed by atoms with Crippen molar-refractivity contribution in [2.45, 2.75) is 19.1 Å². The predicted octanol–water partition coefficient (Wildman–Crippen LogP) is 1.38. The van der Waals surface area contributed by atoms with Gasteiger partial charge in [0.25, 0.3) is 0 Å². The van der Waals surface area contributed by atoms with Gasteiger partial charge in [-0.2, -0.15) is 5.10 Å². The number of aromatic nitrogens is 4. The van der Waals surface area contributed by atoms with E-state index in [2.05, 4.69) is 31.0 Å². The van der Waals surface area contributed by atoms with Crippen molar-refractivity contribution in [2.24, 2.45) is 0 Å². The van der Waals surface area contributed by atoms with Crippen LogP contribution in [0.4, 0.5) is 0 Å². The van der Waals surface area contributed by atoms with Crippen LogP contribution in [-0.4, -0.2) is 32.5 Å². The van der Waals surface area contributed by atoms with Crippen LogP contribution in [0.1, 0.15) is 6.42 Å². The SMILES string of the molecule is Brc1cnc2c(cnn2C[C@@H]2CCO2)n1. The van der Waals surface area contributed by atoms with E-state index >= 15 is 0 Å². The molecule has 0 N–H and O–H groups in total. The molecule has 3 heterocycles. The van der Waals surface area contributed by atoms with Crippen LogP contribution in [0.3, 0.4) is 0 Å². The van der Waals surface area contributed by atoms with Crippen molar-refractivity contribution in [2.75, 3.05) is 6.61 Å². The highest BCUT2D eigenvalue weighted by Crippen LogP contribution is 2.17. The third-order valence-corrected chi connectivity index (χ3v) is 2.87. The van der Waals surface area contributed by atoms with Crippen LogP contribution in [0, 0.1) is 0 Å². The lowest BCUT2D eigenvalue weighted by Gasteiger charge is -2.26. The summed E-state index contributed by atoms with van der Waals surface area (Å²) < 4.78 is 7.94. The Hall–Kier alpha value is -1.01. The molecule has 3 rings (SSSR count). The fraction of sp³-hybridized carbons (Fsp3) is 0.444. The third kappa shape index (κ3) is 1.63. The van der Waals surface area contributed by atoms with Crippen LogP contribution >= 0.6 is 15.9 Å². The van der Waals surface area contributed by atoms with Gasteiger partial charge in [-0.1, -0.05) is 0 Å². The number of hydrogen-bond donors (Lipinski definition) is 0. The van der Waals surface area contributed by atoms with Crippen molar-refractivity contribution in [1.82, 2.24) is 19.7 Å². The molecule has 0 aromatic carbocycles. The van der Waals surface area contributed by atoms with E-state index in [0.717, 1.165) is 35.3 Å². The molecule has 15 heavy (non-hydrogen) atoms. The largest absolute Gasteiger partial charge is 0.376 e. The first-order chi connectivity index (χ1) is 7.33. The quantitative estimate of drug-likeness (QED) is 0.826. The van der Waals surface area contributed by atoms with E-state index in [9.17, 15) is 0 Å². The molecule has 0 amide bonds. The van der Waals surface area contributed by atoms with Crippen LogP contribution in [0.15, 0.2) is 17.0 Å². The maximum Gasteiger partial charge on any atom is 0.176 e. The van der Waals surface area contributed by atoms with Crippen molar-refractivity contribution < 1.29 is 4.74 Å². The first-order valence-corrected chi connectivity index (χ1v) is 5.58. The van der Waals surface area contributed by atoms with Crippen molar-refractivity contribution in [3.8, 4) is 0 Å². The molecule has 1 fully saturated rings. The highest BCUT2D eigenvalue weighted by molar-refractivity contribution is 9.10. The molecule has 0 radical (unpaired) electrons. The number of hydrogen-bond acceptors (Lipinski definition) is 4. The lowest BCUT2D eigenvalue weighted by Crippen LogP contribution is -2.31. The standard InChI is InChI=1S/C9H9BrN4O/c10-8-4-11-9-7(13-8)3-12-14(9)5-6-1-2-15-6/h3-4,6H,1-2,5H2/t6-/m0/s1. The van der Waals surface area contributed by atoms with E-state index in [1.54, 1.807) is 12.4 Å². The molecule has 0 bridgehead atoms. The van der Waals surface area contributed by atoms with Crippen molar-refractivity contribution in [1.29, 1.82) is 0 Å². The zero-order valence-electron chi connectivity index (χ0n) is 7.93. The molecular formula is C9H9BrN4O. The molecule has 2 aromatic rings. The molecule has 5 nitrogen and oxygen atoms in total. The average molecular weight is 269 g/mol. The van der Waals surface area contributed by atoms with Crippen molar-refractivity contribution >= 4 is 27.1 Å². The molecule has 2 aromatic heterocycles. The summed E-state index contributed by atoms with van der Waals surface area (Å²) >= 11 is 3.28. The molecule has 0 aliphatic carbocycles. The second kappa shape index (κ2) is 3.53. The van der Waals surface area contributed by atoms with Crippen LogP contribution < -0.4 is 0 Å². The van der Waals surface area contributed by atoms with E-state index in [-0.39, 0.29) is 0 Å². The number of rotatable bonds is 2. The lowest BCUT2D eigenvalue weighted by molar-refractivity contribution is -0.0603. The zero-order valence-corrected chi connectivity index (χ0v) is 9.51. The number of nitrogens with zero attached hydrogens (tertiary/aromatic N) is 4. The second-order valence-electron chi connectivity index (χ2n) is 3.51. The maximum atomic E-state index is 5.36. The van der Waals surface area contributed by atoms with Gasteiger partial charge in [0.2, 0.25) is 0 Å². The molecule has 1 aliphatic heterocycles. The van der Waals surface area contributed by atoms with Gasteiger partial charge in [-0.05, 0) is 22.4 Å². The van der Waals surface area contributed by atoms with Crippen LogP contribution in [0.25, 0.3) is 11.2 Å². The highest BCUT2D eigenvalue weighted by atomic mass is 79.9. The van der Waals surface area contributed by atoms with E-state index < -0.39 is 0 Å². The Labute approximate surface area is 94.6 Å². The Balaban J connectivity index is 1.96. The molecular weight excluding hydrogens is 260 g/mol. The summed E-state index contributed by atoms with van der Waals surface area (Å²) in [7, 11) is 0. The van der Waals surface area contributed by atoms with Gasteiger partial charge >= 0.3 is 0 Å². The van der Waals surface area contributed by atoms with Crippen LogP contribution in [-0.2, 0) is 11.3 Å². The molecule has 1 atom stereocenters. The predicted molar refractivity (Wildman–Crippen MR) is 57.4 cm³/mol. The van der Waals surface area contributed by atoms with E-state index in [1.807, 2.05) is 4.68 Å². The van der Waals surface area contributed by atoms with Gasteiger partial charge in [-0.15, -0.1) is 0 Å². The van der Waals surface area contributed by atoms with Crippen LogP contribution in [0.2, 0.25) is 0 Å². The minimum atomic E-state index is 0.290. The summed E-state index contributed by atoms with van der Waals surface area (Å²) in [5.41, 5.74) is 1.62. The number of fused-ring (bicyclic) bond motifs is 1. The van der Waals surface area contributed by atoms with E-state index in [0.29, 0.717) is 6.10 Å². The molecule has 6 heteroatoms. The Morgan fingerprint density at radius 2 is 2.40 bits per heavy atom. The van der Waals surface area contributed by atoms with Crippen molar-refractivity contribution in [3.05, 3.63) is 17.0 Å². The molecule has 0 spiro atoms. The number of ether oxygens (including phenoxy) is 1. The third-order valence-electron chi connectivity index (χ3n) is 2.48. The van der Waals surface area contributed by atoms with Gasteiger partial charge in [0.05, 0.1) is 25.0 Å². The van der Waals surface area contributed by atoms with E-state index in [1.165, 1.54) is 0 Å². The molecule has 1 aliphatic rings. The average Bonchev–Trinajstić information content (AvgIpc) is 2.54. The second-order valence-corrected chi connectivity index (χ2v) is 4.32. The van der Waals surface area contributed by atoms with Gasteiger partial charge in [0.15, 0.2) is 5.65 Å². The van der Waals surface area contributed by atoms with Gasteiger partial charge in [0, 0.05) is 6.61 Å². The monoisotopic (exact) mass is 268 g/mol. The van der Waals surface area contributed by atoms with Gasteiger partial charge < -0.3 is 4.74 Å². The van der Waals surface area contributed by atoms with Gasteiger partial charge in [-0.3, -0.25) is 0 Å².